The predicted octanol–water partition coefficient (Wildman–Crippen LogP) is 3.16. The molecule has 2 aromatic rings. The first-order valence-corrected chi connectivity index (χ1v) is 9.73. The molecule has 6 nitrogen and oxygen atoms in total. The fraction of sp³-hybridized carbons (Fsp3) is 0.348. The van der Waals surface area contributed by atoms with Gasteiger partial charge in [0.25, 0.3) is 11.8 Å². The molecule has 2 aromatic carbocycles. The van der Waals surface area contributed by atoms with Gasteiger partial charge in [0.2, 0.25) is 5.91 Å². The molecular formula is C23H26N2O4. The molecule has 152 valence electrons. The van der Waals surface area contributed by atoms with Crippen LogP contribution in [0.1, 0.15) is 52.1 Å². The molecule has 1 unspecified atom stereocenters. The third kappa shape index (κ3) is 4.54. The van der Waals surface area contributed by atoms with Gasteiger partial charge in [-0.2, -0.15) is 0 Å². The number of ether oxygens (including phenoxy) is 1. The number of methoxy groups -OCH3 is 1. The van der Waals surface area contributed by atoms with Gasteiger partial charge < -0.3 is 10.1 Å². The van der Waals surface area contributed by atoms with Crippen molar-refractivity contribution in [3.05, 3.63) is 70.8 Å². The molecule has 0 radical (unpaired) electrons. The average Bonchev–Trinajstić information content (AvgIpc) is 2.96. The number of carbonyl (C=O) groups excluding carboxylic acids is 3. The molecule has 0 aromatic heterocycles. The number of carbonyl (C=O) groups is 3. The highest BCUT2D eigenvalue weighted by atomic mass is 16.5. The van der Waals surface area contributed by atoms with Crippen molar-refractivity contribution in [2.24, 2.45) is 5.92 Å². The molecule has 3 rings (SSSR count). The second kappa shape index (κ2) is 9.01. The van der Waals surface area contributed by atoms with Crippen LogP contribution in [0.4, 0.5) is 0 Å². The molecule has 0 saturated heterocycles. The number of benzene rings is 2. The van der Waals surface area contributed by atoms with E-state index in [-0.39, 0.29) is 11.8 Å². The zero-order valence-corrected chi connectivity index (χ0v) is 17.0. The number of nitrogens with one attached hydrogen (secondary N) is 1. The van der Waals surface area contributed by atoms with E-state index in [0.717, 1.165) is 16.0 Å². The molecule has 0 fully saturated rings. The van der Waals surface area contributed by atoms with E-state index in [0.29, 0.717) is 30.7 Å². The summed E-state index contributed by atoms with van der Waals surface area (Å²) in [6.07, 6.45) is 0.407. The molecule has 3 amide bonds. The van der Waals surface area contributed by atoms with Gasteiger partial charge in [-0.3, -0.25) is 19.3 Å². The summed E-state index contributed by atoms with van der Waals surface area (Å²) in [5.74, 6) is -0.997. The number of imide groups is 1. The average molecular weight is 394 g/mol. The summed E-state index contributed by atoms with van der Waals surface area (Å²) in [4.78, 5) is 39.7. The van der Waals surface area contributed by atoms with Crippen LogP contribution in [0.5, 0.6) is 0 Å². The summed E-state index contributed by atoms with van der Waals surface area (Å²) in [5, 5.41) is 2.88. The molecule has 29 heavy (non-hydrogen) atoms. The lowest BCUT2D eigenvalue weighted by Gasteiger charge is -2.26. The molecular weight excluding hydrogens is 368 g/mol. The van der Waals surface area contributed by atoms with Crippen molar-refractivity contribution in [2.75, 3.05) is 7.11 Å². The Bertz CT molecular complexity index is 870. The third-order valence-corrected chi connectivity index (χ3v) is 4.94. The Balaban J connectivity index is 1.74. The van der Waals surface area contributed by atoms with Crippen molar-refractivity contribution in [1.82, 2.24) is 10.2 Å². The number of rotatable bonds is 8. The Morgan fingerprint density at radius 1 is 0.966 bits per heavy atom. The van der Waals surface area contributed by atoms with Gasteiger partial charge in [0.15, 0.2) is 0 Å². The lowest BCUT2D eigenvalue weighted by Crippen LogP contribution is -2.50. The Hall–Kier alpha value is -2.99. The minimum absolute atomic E-state index is 0.142. The van der Waals surface area contributed by atoms with Crippen molar-refractivity contribution in [1.29, 1.82) is 0 Å². The van der Waals surface area contributed by atoms with Gasteiger partial charge in [-0.05, 0) is 35.6 Å². The topological polar surface area (TPSA) is 75.7 Å². The predicted molar refractivity (Wildman–Crippen MR) is 109 cm³/mol. The van der Waals surface area contributed by atoms with Gasteiger partial charge in [-0.15, -0.1) is 0 Å². The Morgan fingerprint density at radius 3 is 2.03 bits per heavy atom. The first kappa shape index (κ1) is 20.7. The maximum Gasteiger partial charge on any atom is 0.262 e. The minimum Gasteiger partial charge on any atom is -0.380 e. The second-order valence-corrected chi connectivity index (χ2v) is 7.64. The van der Waals surface area contributed by atoms with Crippen LogP contribution in [0.3, 0.4) is 0 Å². The van der Waals surface area contributed by atoms with Crippen LogP contribution in [0.25, 0.3) is 0 Å². The van der Waals surface area contributed by atoms with Gasteiger partial charge in [0.05, 0.1) is 17.7 Å². The summed E-state index contributed by atoms with van der Waals surface area (Å²) >= 11 is 0. The number of hydrogen-bond donors (Lipinski definition) is 1. The smallest absolute Gasteiger partial charge is 0.262 e. The Labute approximate surface area is 170 Å². The zero-order valence-electron chi connectivity index (χ0n) is 17.0. The first-order chi connectivity index (χ1) is 13.9. The summed E-state index contributed by atoms with van der Waals surface area (Å²) in [6.45, 7) is 4.78. The quantitative estimate of drug-likeness (QED) is 0.698. The van der Waals surface area contributed by atoms with Gasteiger partial charge in [0.1, 0.15) is 6.04 Å². The van der Waals surface area contributed by atoms with Crippen molar-refractivity contribution < 1.29 is 19.1 Å². The van der Waals surface area contributed by atoms with Gasteiger partial charge in [0, 0.05) is 13.7 Å². The van der Waals surface area contributed by atoms with E-state index in [1.54, 1.807) is 31.4 Å². The van der Waals surface area contributed by atoms with Crippen molar-refractivity contribution in [3.63, 3.8) is 0 Å². The third-order valence-electron chi connectivity index (χ3n) is 4.94. The standard InChI is InChI=1S/C23H26N2O4/c1-15(2)12-20(25-22(27)18-6-4-5-7-19(18)23(25)28)21(26)24-13-16-8-10-17(11-9-16)14-29-3/h4-11,15,20H,12-14H2,1-3H3,(H,24,26). The second-order valence-electron chi connectivity index (χ2n) is 7.64. The van der Waals surface area contributed by atoms with Gasteiger partial charge in [-0.25, -0.2) is 0 Å². The molecule has 6 heteroatoms. The molecule has 1 N–H and O–H groups in total. The Kier molecular flexibility index (Phi) is 6.44. The molecule has 0 saturated carbocycles. The molecule has 1 aliphatic heterocycles. The maximum atomic E-state index is 13.0. The van der Waals surface area contributed by atoms with E-state index in [1.807, 2.05) is 38.1 Å². The van der Waals surface area contributed by atoms with Crippen molar-refractivity contribution in [2.45, 2.75) is 39.5 Å². The highest BCUT2D eigenvalue weighted by Crippen LogP contribution is 2.27. The summed E-state index contributed by atoms with van der Waals surface area (Å²) < 4.78 is 5.10. The number of amides is 3. The summed E-state index contributed by atoms with van der Waals surface area (Å²) in [5.41, 5.74) is 2.69. The molecule has 1 heterocycles. The Morgan fingerprint density at radius 2 is 1.52 bits per heavy atom. The number of nitrogens with zero attached hydrogens (tertiary/aromatic N) is 1. The van der Waals surface area contributed by atoms with E-state index in [4.69, 9.17) is 4.74 Å². The van der Waals surface area contributed by atoms with E-state index in [9.17, 15) is 14.4 Å². The maximum absolute atomic E-state index is 13.0. The fourth-order valence-corrected chi connectivity index (χ4v) is 3.49. The zero-order chi connectivity index (χ0) is 21.0. The molecule has 1 aliphatic rings. The van der Waals surface area contributed by atoms with E-state index >= 15 is 0 Å². The largest absolute Gasteiger partial charge is 0.380 e. The van der Waals surface area contributed by atoms with E-state index in [2.05, 4.69) is 5.32 Å². The minimum atomic E-state index is -0.838. The van der Waals surface area contributed by atoms with Crippen LogP contribution in [0, 0.1) is 5.92 Å². The van der Waals surface area contributed by atoms with Crippen LogP contribution in [0.15, 0.2) is 48.5 Å². The fourth-order valence-electron chi connectivity index (χ4n) is 3.49. The number of fused-ring (bicyclic) bond motifs is 1. The summed E-state index contributed by atoms with van der Waals surface area (Å²) in [7, 11) is 1.64. The van der Waals surface area contributed by atoms with Crippen molar-refractivity contribution in [3.8, 4) is 0 Å². The lowest BCUT2D eigenvalue weighted by molar-refractivity contribution is -0.125. The van der Waals surface area contributed by atoms with Crippen LogP contribution in [-0.4, -0.2) is 35.8 Å². The van der Waals surface area contributed by atoms with Gasteiger partial charge in [-0.1, -0.05) is 50.2 Å². The monoisotopic (exact) mass is 394 g/mol. The molecule has 0 aliphatic carbocycles. The normalized spacial score (nSPS) is 14.3. The highest BCUT2D eigenvalue weighted by Gasteiger charge is 2.42. The molecule has 0 bridgehead atoms. The van der Waals surface area contributed by atoms with Crippen LogP contribution in [0.2, 0.25) is 0 Å². The van der Waals surface area contributed by atoms with E-state index < -0.39 is 17.9 Å². The highest BCUT2D eigenvalue weighted by molar-refractivity contribution is 6.22. The van der Waals surface area contributed by atoms with Crippen molar-refractivity contribution >= 4 is 17.7 Å². The molecule has 1 atom stereocenters. The molecule has 0 spiro atoms. The summed E-state index contributed by atoms with van der Waals surface area (Å²) in [6, 6.07) is 13.6. The first-order valence-electron chi connectivity index (χ1n) is 9.73. The van der Waals surface area contributed by atoms with Crippen LogP contribution in [-0.2, 0) is 22.7 Å². The number of hydrogen-bond acceptors (Lipinski definition) is 4. The van der Waals surface area contributed by atoms with Crippen LogP contribution < -0.4 is 5.32 Å². The lowest BCUT2D eigenvalue weighted by atomic mass is 10.0. The SMILES string of the molecule is COCc1ccc(CNC(=O)C(CC(C)C)N2C(=O)c3ccccc3C2=O)cc1. The van der Waals surface area contributed by atoms with E-state index in [1.165, 1.54) is 0 Å². The van der Waals surface area contributed by atoms with Crippen LogP contribution >= 0.6 is 0 Å². The van der Waals surface area contributed by atoms with Gasteiger partial charge >= 0.3 is 0 Å².